The molecule has 6 heteroatoms. The molecule has 32 heavy (non-hydrogen) atoms. The van der Waals surface area contributed by atoms with Crippen LogP contribution in [-0.4, -0.2) is 46.6 Å². The van der Waals surface area contributed by atoms with Crippen LogP contribution in [0.2, 0.25) is 0 Å². The van der Waals surface area contributed by atoms with Crippen LogP contribution in [-0.2, 0) is 11.3 Å². The summed E-state index contributed by atoms with van der Waals surface area (Å²) in [6.45, 7) is 3.79. The van der Waals surface area contributed by atoms with Gasteiger partial charge in [0.2, 0.25) is 5.90 Å². The number of nitrogens with zero attached hydrogens (tertiary/aromatic N) is 4. The lowest BCUT2D eigenvalue weighted by molar-refractivity contribution is 0.0764. The van der Waals surface area contributed by atoms with E-state index in [-0.39, 0.29) is 6.10 Å². The molecule has 4 heterocycles. The normalized spacial score (nSPS) is 23.3. The van der Waals surface area contributed by atoms with Crippen LogP contribution in [0.5, 0.6) is 0 Å². The van der Waals surface area contributed by atoms with E-state index in [0.717, 1.165) is 62.0 Å². The van der Waals surface area contributed by atoms with E-state index in [2.05, 4.69) is 50.8 Å². The Hall–Kier alpha value is -2.96. The number of benzene rings is 1. The average Bonchev–Trinajstić information content (AvgIpc) is 3.63. The summed E-state index contributed by atoms with van der Waals surface area (Å²) < 4.78 is 6.21. The van der Waals surface area contributed by atoms with Gasteiger partial charge in [-0.05, 0) is 61.4 Å². The van der Waals surface area contributed by atoms with Crippen molar-refractivity contribution >= 4 is 5.90 Å². The van der Waals surface area contributed by atoms with Gasteiger partial charge in [0, 0.05) is 43.7 Å². The Kier molecular flexibility index (Phi) is 5.25. The Bertz CT molecular complexity index is 1050. The Morgan fingerprint density at radius 1 is 1.06 bits per heavy atom. The molecule has 0 unspecified atom stereocenters. The molecular formula is C26H29N5O. The smallest absolute Gasteiger partial charge is 0.217 e. The Labute approximate surface area is 189 Å². The van der Waals surface area contributed by atoms with Crippen molar-refractivity contribution in [2.24, 2.45) is 10.9 Å². The van der Waals surface area contributed by atoms with Gasteiger partial charge < -0.3 is 10.1 Å². The highest BCUT2D eigenvalue weighted by Gasteiger charge is 2.39. The monoisotopic (exact) mass is 427 g/mol. The fourth-order valence-corrected chi connectivity index (χ4v) is 4.75. The lowest BCUT2D eigenvalue weighted by Gasteiger charge is -2.30. The Morgan fingerprint density at radius 3 is 2.72 bits per heavy atom. The molecule has 1 aromatic carbocycles. The summed E-state index contributed by atoms with van der Waals surface area (Å²) in [7, 11) is 0. The van der Waals surface area contributed by atoms with Gasteiger partial charge >= 0.3 is 0 Å². The molecule has 4 aliphatic rings. The maximum atomic E-state index is 6.21. The van der Waals surface area contributed by atoms with Gasteiger partial charge in [-0.3, -0.25) is 9.99 Å². The first kappa shape index (κ1) is 19.7. The number of ether oxygens (including phenoxy) is 1. The van der Waals surface area contributed by atoms with E-state index in [1.807, 2.05) is 30.5 Å². The second-order valence-corrected chi connectivity index (χ2v) is 9.05. The lowest BCUT2D eigenvalue weighted by Crippen LogP contribution is -2.38. The highest BCUT2D eigenvalue weighted by Crippen LogP contribution is 2.43. The molecule has 3 aliphatic heterocycles. The van der Waals surface area contributed by atoms with Crippen LogP contribution < -0.4 is 5.32 Å². The van der Waals surface area contributed by atoms with Crippen LogP contribution in [0.25, 0.3) is 11.3 Å². The van der Waals surface area contributed by atoms with Crippen molar-refractivity contribution in [2.75, 3.05) is 19.6 Å². The van der Waals surface area contributed by atoms with Crippen LogP contribution in [0.4, 0.5) is 0 Å². The number of fused-ring (bicyclic) bond motifs is 1. The minimum Gasteiger partial charge on any atom is -0.473 e. The van der Waals surface area contributed by atoms with Gasteiger partial charge in [0.1, 0.15) is 6.10 Å². The van der Waals surface area contributed by atoms with Crippen LogP contribution in [0.1, 0.15) is 31.2 Å². The molecule has 2 aromatic rings. The summed E-state index contributed by atoms with van der Waals surface area (Å²) in [6, 6.07) is 14.8. The Morgan fingerprint density at radius 2 is 1.97 bits per heavy atom. The third-order valence-corrected chi connectivity index (χ3v) is 6.63. The minimum atomic E-state index is 0.221. The fraction of sp³-hybridized carbons (Fsp3) is 0.385. The summed E-state index contributed by atoms with van der Waals surface area (Å²) in [5.41, 5.74) is 4.90. The fourth-order valence-electron chi connectivity index (χ4n) is 4.75. The first-order chi connectivity index (χ1) is 15.8. The van der Waals surface area contributed by atoms with Crippen molar-refractivity contribution in [3.05, 3.63) is 77.9 Å². The van der Waals surface area contributed by atoms with E-state index >= 15 is 0 Å². The topological polar surface area (TPSA) is 53.0 Å². The molecule has 1 aliphatic carbocycles. The van der Waals surface area contributed by atoms with E-state index in [1.165, 1.54) is 24.0 Å². The van der Waals surface area contributed by atoms with Gasteiger partial charge in [-0.2, -0.15) is 4.99 Å². The zero-order valence-corrected chi connectivity index (χ0v) is 18.3. The first-order valence-corrected chi connectivity index (χ1v) is 11.8. The van der Waals surface area contributed by atoms with Gasteiger partial charge in [-0.1, -0.05) is 30.3 Å². The van der Waals surface area contributed by atoms with Crippen LogP contribution in [0.3, 0.4) is 0 Å². The minimum absolute atomic E-state index is 0.221. The molecule has 1 aromatic heterocycles. The molecule has 0 radical (unpaired) electrons. The van der Waals surface area contributed by atoms with E-state index in [4.69, 9.17) is 9.73 Å². The predicted molar refractivity (Wildman–Crippen MR) is 125 cm³/mol. The predicted octanol–water partition coefficient (Wildman–Crippen LogP) is 4.10. The van der Waals surface area contributed by atoms with Gasteiger partial charge in [0.05, 0.1) is 5.69 Å². The molecule has 0 bridgehead atoms. The zero-order chi connectivity index (χ0) is 21.3. The highest BCUT2D eigenvalue weighted by molar-refractivity contribution is 5.89. The molecule has 1 atom stereocenters. The van der Waals surface area contributed by atoms with Crippen LogP contribution in [0, 0.1) is 5.92 Å². The maximum Gasteiger partial charge on any atom is 0.217 e. The van der Waals surface area contributed by atoms with Gasteiger partial charge in [0.15, 0.2) is 5.82 Å². The number of rotatable bonds is 5. The van der Waals surface area contributed by atoms with E-state index in [1.54, 1.807) is 0 Å². The number of aliphatic imine (C=N–C) groups is 1. The maximum absolute atomic E-state index is 6.21. The molecule has 164 valence electrons. The van der Waals surface area contributed by atoms with Crippen LogP contribution >= 0.6 is 0 Å². The summed E-state index contributed by atoms with van der Waals surface area (Å²) in [6.07, 6.45) is 11.0. The molecule has 1 saturated carbocycles. The van der Waals surface area contributed by atoms with Crippen molar-refractivity contribution in [1.82, 2.24) is 20.3 Å². The number of hydrogen-bond donors (Lipinski definition) is 1. The molecular weight excluding hydrogens is 398 g/mol. The van der Waals surface area contributed by atoms with Crippen molar-refractivity contribution in [1.29, 1.82) is 0 Å². The first-order valence-electron chi connectivity index (χ1n) is 11.8. The summed E-state index contributed by atoms with van der Waals surface area (Å²) in [5.74, 6) is 2.51. The van der Waals surface area contributed by atoms with E-state index in [0.29, 0.717) is 5.92 Å². The molecule has 1 N–H and O–H groups in total. The largest absolute Gasteiger partial charge is 0.473 e. The van der Waals surface area contributed by atoms with Crippen molar-refractivity contribution in [3.63, 3.8) is 0 Å². The quantitative estimate of drug-likeness (QED) is 0.779. The molecule has 2 fully saturated rings. The van der Waals surface area contributed by atoms with Crippen molar-refractivity contribution in [3.8, 4) is 11.3 Å². The summed E-state index contributed by atoms with van der Waals surface area (Å²) in [5, 5.41) is 8.03. The SMILES string of the molecule is C1=CN2C(=C(C3CC3)CN2Cc2ccc(-c3ccccn3)cc2)N=C1O[C@H]1CCCNC1. The van der Waals surface area contributed by atoms with E-state index in [9.17, 15) is 0 Å². The highest BCUT2D eigenvalue weighted by atomic mass is 16.5. The number of piperidine rings is 1. The van der Waals surface area contributed by atoms with Gasteiger partial charge in [0.25, 0.3) is 0 Å². The Balaban J connectivity index is 1.17. The number of aromatic nitrogens is 1. The molecule has 1 saturated heterocycles. The molecule has 6 rings (SSSR count). The van der Waals surface area contributed by atoms with Gasteiger partial charge in [-0.15, -0.1) is 0 Å². The van der Waals surface area contributed by atoms with Crippen molar-refractivity contribution in [2.45, 2.75) is 38.3 Å². The zero-order valence-electron chi connectivity index (χ0n) is 18.3. The standard InChI is InChI=1S/C26H29N5O/c1-2-14-28-24(5-1)21-8-6-19(7-9-21)17-30-18-23(20-10-11-20)26-29-25(12-15-31(26)30)32-22-4-3-13-27-16-22/h1-2,5-9,12,14-15,20,22,27H,3-4,10-11,13,16-18H2/t22-/m0/s1. The number of hydrazine groups is 1. The number of pyridine rings is 1. The number of nitrogens with one attached hydrogen (secondary N) is 1. The second-order valence-electron chi connectivity index (χ2n) is 9.05. The molecule has 6 nitrogen and oxygen atoms in total. The second kappa shape index (κ2) is 8.52. The third kappa shape index (κ3) is 4.08. The number of hydrogen-bond acceptors (Lipinski definition) is 6. The molecule has 0 spiro atoms. The average molecular weight is 428 g/mol. The molecule has 0 amide bonds. The van der Waals surface area contributed by atoms with Crippen molar-refractivity contribution < 1.29 is 4.74 Å². The summed E-state index contributed by atoms with van der Waals surface area (Å²) >= 11 is 0. The lowest BCUT2D eigenvalue weighted by atomic mass is 10.1. The van der Waals surface area contributed by atoms with E-state index < -0.39 is 0 Å². The summed E-state index contributed by atoms with van der Waals surface area (Å²) in [4.78, 5) is 9.42. The third-order valence-electron chi connectivity index (χ3n) is 6.63. The van der Waals surface area contributed by atoms with Gasteiger partial charge in [-0.25, -0.2) is 5.01 Å². The van der Waals surface area contributed by atoms with Crippen LogP contribution in [0.15, 0.2) is 77.3 Å².